The molecule has 1 aromatic heterocycles. The maximum absolute atomic E-state index is 13.9. The van der Waals surface area contributed by atoms with E-state index < -0.39 is 17.6 Å². The number of hydrogen-bond donors (Lipinski definition) is 0. The molecule has 1 fully saturated rings. The van der Waals surface area contributed by atoms with E-state index in [9.17, 15) is 13.6 Å². The van der Waals surface area contributed by atoms with Crippen molar-refractivity contribution in [2.45, 2.75) is 25.8 Å². The summed E-state index contributed by atoms with van der Waals surface area (Å²) in [6.07, 6.45) is 2.11. The summed E-state index contributed by atoms with van der Waals surface area (Å²) in [6.45, 7) is 3.00. The second-order valence-corrected chi connectivity index (χ2v) is 7.07. The zero-order valence-electron chi connectivity index (χ0n) is 15.7. The van der Waals surface area contributed by atoms with Crippen LogP contribution >= 0.6 is 0 Å². The van der Waals surface area contributed by atoms with Gasteiger partial charge in [0.1, 0.15) is 0 Å². The zero-order valence-corrected chi connectivity index (χ0v) is 15.7. The SMILES string of the molecule is COC(=O)c1ccc2nc(-c3ccc(F)c(F)c3)c(N3CCC[C@@H]3C)cc2c1. The van der Waals surface area contributed by atoms with E-state index in [4.69, 9.17) is 9.72 Å². The topological polar surface area (TPSA) is 42.4 Å². The number of halogens is 2. The molecule has 3 aromatic rings. The Morgan fingerprint density at radius 3 is 2.64 bits per heavy atom. The molecule has 4 rings (SSSR count). The van der Waals surface area contributed by atoms with E-state index in [0.717, 1.165) is 36.5 Å². The first-order chi connectivity index (χ1) is 13.5. The van der Waals surface area contributed by atoms with Gasteiger partial charge in [0.25, 0.3) is 0 Å². The lowest BCUT2D eigenvalue weighted by Gasteiger charge is -2.26. The quantitative estimate of drug-likeness (QED) is 0.601. The number of pyridine rings is 1. The van der Waals surface area contributed by atoms with Crippen LogP contribution in [0.15, 0.2) is 42.5 Å². The van der Waals surface area contributed by atoms with Crippen LogP contribution in [0, 0.1) is 11.6 Å². The van der Waals surface area contributed by atoms with Gasteiger partial charge < -0.3 is 9.64 Å². The van der Waals surface area contributed by atoms with Crippen molar-refractivity contribution in [1.29, 1.82) is 0 Å². The van der Waals surface area contributed by atoms with E-state index in [2.05, 4.69) is 11.8 Å². The molecular weight excluding hydrogens is 362 g/mol. The molecule has 1 aliphatic rings. The lowest BCUT2D eigenvalue weighted by molar-refractivity contribution is 0.0601. The first-order valence-corrected chi connectivity index (χ1v) is 9.23. The third-order valence-electron chi connectivity index (χ3n) is 5.27. The number of esters is 1. The summed E-state index contributed by atoms with van der Waals surface area (Å²) in [4.78, 5) is 18.8. The monoisotopic (exact) mass is 382 g/mol. The number of anilines is 1. The standard InChI is InChI=1S/C22H20F2N2O2/c1-13-4-3-9-26(13)20-12-16-10-15(22(27)28-2)6-8-19(16)25-21(20)14-5-7-17(23)18(24)11-14/h5-8,10-13H,3-4,9H2,1-2H3/t13-/m0/s1. The van der Waals surface area contributed by atoms with Gasteiger partial charge in [0.05, 0.1) is 29.6 Å². The molecule has 1 atom stereocenters. The van der Waals surface area contributed by atoms with Crippen LogP contribution in [0.4, 0.5) is 14.5 Å². The average molecular weight is 382 g/mol. The molecule has 1 aliphatic heterocycles. The van der Waals surface area contributed by atoms with Crippen molar-refractivity contribution < 1.29 is 18.3 Å². The zero-order chi connectivity index (χ0) is 19.8. The summed E-state index contributed by atoms with van der Waals surface area (Å²) in [7, 11) is 1.34. The van der Waals surface area contributed by atoms with Crippen LogP contribution in [0.3, 0.4) is 0 Å². The van der Waals surface area contributed by atoms with E-state index in [1.165, 1.54) is 13.2 Å². The molecule has 28 heavy (non-hydrogen) atoms. The Morgan fingerprint density at radius 1 is 1.14 bits per heavy atom. The third-order valence-corrected chi connectivity index (χ3v) is 5.27. The Bertz CT molecular complexity index is 1070. The van der Waals surface area contributed by atoms with Gasteiger partial charge >= 0.3 is 5.97 Å². The van der Waals surface area contributed by atoms with Crippen LogP contribution in [0.5, 0.6) is 0 Å². The largest absolute Gasteiger partial charge is 0.465 e. The predicted octanol–water partition coefficient (Wildman–Crippen LogP) is 4.96. The Hall–Kier alpha value is -3.02. The number of hydrogen-bond acceptors (Lipinski definition) is 4. The molecule has 2 aromatic carbocycles. The van der Waals surface area contributed by atoms with Gasteiger partial charge in [-0.2, -0.15) is 0 Å². The summed E-state index contributed by atoms with van der Waals surface area (Å²) in [5.41, 5.74) is 3.09. The van der Waals surface area contributed by atoms with E-state index in [1.807, 2.05) is 6.07 Å². The molecule has 144 valence electrons. The molecule has 0 spiro atoms. The molecule has 2 heterocycles. The molecule has 0 aliphatic carbocycles. The van der Waals surface area contributed by atoms with E-state index in [0.29, 0.717) is 28.4 Å². The van der Waals surface area contributed by atoms with Crippen molar-refractivity contribution >= 4 is 22.6 Å². The number of fused-ring (bicyclic) bond motifs is 1. The highest BCUT2D eigenvalue weighted by Crippen LogP contribution is 2.36. The fourth-order valence-electron chi connectivity index (χ4n) is 3.78. The molecule has 0 amide bonds. The van der Waals surface area contributed by atoms with Gasteiger partial charge in [-0.15, -0.1) is 0 Å². The Balaban J connectivity index is 1.93. The first kappa shape index (κ1) is 18.3. The lowest BCUT2D eigenvalue weighted by atomic mass is 10.0. The van der Waals surface area contributed by atoms with Crippen molar-refractivity contribution in [3.05, 3.63) is 59.7 Å². The van der Waals surface area contributed by atoms with E-state index >= 15 is 0 Å². The number of carbonyl (C=O) groups is 1. The molecule has 0 bridgehead atoms. The minimum Gasteiger partial charge on any atom is -0.465 e. The molecule has 0 radical (unpaired) electrons. The van der Waals surface area contributed by atoms with E-state index in [1.54, 1.807) is 24.3 Å². The smallest absolute Gasteiger partial charge is 0.337 e. The highest BCUT2D eigenvalue weighted by Gasteiger charge is 2.25. The van der Waals surface area contributed by atoms with Gasteiger partial charge in [-0.1, -0.05) is 0 Å². The minimum atomic E-state index is -0.902. The molecule has 4 nitrogen and oxygen atoms in total. The number of methoxy groups -OCH3 is 1. The molecular formula is C22H20F2N2O2. The Labute approximate surface area is 161 Å². The summed E-state index contributed by atoms with van der Waals surface area (Å²) in [6, 6.07) is 11.2. The van der Waals surface area contributed by atoms with Crippen molar-refractivity contribution in [2.75, 3.05) is 18.6 Å². The van der Waals surface area contributed by atoms with Crippen LogP contribution in [0.25, 0.3) is 22.2 Å². The lowest BCUT2D eigenvalue weighted by Crippen LogP contribution is -2.27. The molecule has 1 saturated heterocycles. The Morgan fingerprint density at radius 2 is 1.96 bits per heavy atom. The minimum absolute atomic E-state index is 0.312. The van der Waals surface area contributed by atoms with Crippen LogP contribution in [0.1, 0.15) is 30.1 Å². The molecule has 0 N–H and O–H groups in total. The number of nitrogens with zero attached hydrogens (tertiary/aromatic N) is 2. The summed E-state index contributed by atoms with van der Waals surface area (Å²) in [5, 5.41) is 0.795. The van der Waals surface area contributed by atoms with E-state index in [-0.39, 0.29) is 0 Å². The fourth-order valence-corrected chi connectivity index (χ4v) is 3.78. The number of carbonyl (C=O) groups excluding carboxylic acids is 1. The van der Waals surface area contributed by atoms with Gasteiger partial charge in [-0.05, 0) is 62.2 Å². The molecule has 0 unspecified atom stereocenters. The fraction of sp³-hybridized carbons (Fsp3) is 0.273. The van der Waals surface area contributed by atoms with Gasteiger partial charge in [-0.25, -0.2) is 18.6 Å². The highest BCUT2D eigenvalue weighted by atomic mass is 19.2. The molecule has 0 saturated carbocycles. The average Bonchev–Trinajstić information content (AvgIpc) is 3.13. The van der Waals surface area contributed by atoms with Crippen molar-refractivity contribution in [3.8, 4) is 11.3 Å². The summed E-state index contributed by atoms with van der Waals surface area (Å²) < 4.78 is 32.1. The third kappa shape index (κ3) is 3.19. The Kier molecular flexibility index (Phi) is 4.71. The van der Waals surface area contributed by atoms with Crippen molar-refractivity contribution in [2.24, 2.45) is 0 Å². The van der Waals surface area contributed by atoms with Gasteiger partial charge in [0, 0.05) is 23.5 Å². The van der Waals surface area contributed by atoms with Crippen LogP contribution in [-0.4, -0.2) is 30.6 Å². The highest BCUT2D eigenvalue weighted by molar-refractivity contribution is 5.96. The van der Waals surface area contributed by atoms with Gasteiger partial charge in [-0.3, -0.25) is 0 Å². The molecule has 6 heteroatoms. The van der Waals surface area contributed by atoms with Crippen molar-refractivity contribution in [1.82, 2.24) is 4.98 Å². The van der Waals surface area contributed by atoms with Crippen LogP contribution < -0.4 is 4.90 Å². The number of benzene rings is 2. The second-order valence-electron chi connectivity index (χ2n) is 7.07. The van der Waals surface area contributed by atoms with Crippen LogP contribution in [-0.2, 0) is 4.74 Å². The normalized spacial score (nSPS) is 16.6. The first-order valence-electron chi connectivity index (χ1n) is 9.23. The number of ether oxygens (including phenoxy) is 1. The van der Waals surface area contributed by atoms with Gasteiger partial charge in [0.2, 0.25) is 0 Å². The maximum Gasteiger partial charge on any atom is 0.337 e. The number of rotatable bonds is 3. The summed E-state index contributed by atoms with van der Waals surface area (Å²) in [5.74, 6) is -2.20. The summed E-state index contributed by atoms with van der Waals surface area (Å²) >= 11 is 0. The van der Waals surface area contributed by atoms with Crippen molar-refractivity contribution in [3.63, 3.8) is 0 Å². The predicted molar refractivity (Wildman–Crippen MR) is 104 cm³/mol. The second kappa shape index (κ2) is 7.19. The van der Waals surface area contributed by atoms with Crippen LogP contribution in [0.2, 0.25) is 0 Å². The van der Waals surface area contributed by atoms with Gasteiger partial charge in [0.15, 0.2) is 11.6 Å². The maximum atomic E-state index is 13.9. The number of aromatic nitrogens is 1.